The van der Waals surface area contributed by atoms with Crippen LogP contribution in [0.1, 0.15) is 28.8 Å². The van der Waals surface area contributed by atoms with Gasteiger partial charge in [0.15, 0.2) is 0 Å². The van der Waals surface area contributed by atoms with Gasteiger partial charge in [0.1, 0.15) is 0 Å². The highest BCUT2D eigenvalue weighted by Gasteiger charge is 2.25. The van der Waals surface area contributed by atoms with E-state index in [2.05, 4.69) is 22.6 Å². The molecule has 1 fully saturated rings. The van der Waals surface area contributed by atoms with Gasteiger partial charge in [0.2, 0.25) is 0 Å². The van der Waals surface area contributed by atoms with Crippen molar-refractivity contribution in [1.29, 1.82) is 0 Å². The molecule has 0 atom stereocenters. The minimum atomic E-state index is -0.952. The number of carbonyl (C=O) groups excluding carboxylic acids is 1. The Balaban J connectivity index is 1.64. The first-order valence-electron chi connectivity index (χ1n) is 7.10. The van der Waals surface area contributed by atoms with E-state index in [-0.39, 0.29) is 11.6 Å². The van der Waals surface area contributed by atoms with Gasteiger partial charge in [-0.3, -0.25) is 0 Å². The van der Waals surface area contributed by atoms with Gasteiger partial charge in [-0.05, 0) is 37.6 Å². The van der Waals surface area contributed by atoms with Gasteiger partial charge in [-0.2, -0.15) is 0 Å². The Morgan fingerprint density at radius 1 is 1.24 bits per heavy atom. The predicted molar refractivity (Wildman–Crippen MR) is 79.3 cm³/mol. The van der Waals surface area contributed by atoms with Crippen molar-refractivity contribution in [2.24, 2.45) is 0 Å². The van der Waals surface area contributed by atoms with Crippen molar-refractivity contribution in [1.82, 2.24) is 15.5 Å². The van der Waals surface area contributed by atoms with Crippen LogP contribution >= 0.6 is 0 Å². The first-order chi connectivity index (χ1) is 10.1. The average Bonchev–Trinajstić information content (AvgIpc) is 3.30. The monoisotopic (exact) mass is 291 g/mol. The summed E-state index contributed by atoms with van der Waals surface area (Å²) in [6, 6.07) is 6.95. The molecule has 1 aromatic carbocycles. The highest BCUT2D eigenvalue weighted by Crippen LogP contribution is 2.24. The zero-order valence-corrected chi connectivity index (χ0v) is 12.1. The lowest BCUT2D eigenvalue weighted by Crippen LogP contribution is -2.39. The molecule has 0 spiro atoms. The number of aromatic carboxylic acids is 1. The van der Waals surface area contributed by atoms with E-state index in [1.807, 2.05) is 0 Å². The molecular formula is C15H21N3O3. The van der Waals surface area contributed by atoms with Crippen LogP contribution in [0.4, 0.5) is 4.79 Å². The summed E-state index contributed by atoms with van der Waals surface area (Å²) < 4.78 is 0. The lowest BCUT2D eigenvalue weighted by Gasteiger charge is -2.15. The molecule has 1 aliphatic rings. The van der Waals surface area contributed by atoms with Crippen LogP contribution in [0.25, 0.3) is 0 Å². The summed E-state index contributed by atoms with van der Waals surface area (Å²) in [6.45, 7) is 1.85. The SMILES string of the molecule is CN(CCNC(=O)NCc1ccc(C(=O)O)cc1)C1CC1. The largest absolute Gasteiger partial charge is 0.478 e. The van der Waals surface area contributed by atoms with Crippen molar-refractivity contribution in [2.45, 2.75) is 25.4 Å². The Morgan fingerprint density at radius 2 is 1.90 bits per heavy atom. The number of benzene rings is 1. The van der Waals surface area contributed by atoms with Gasteiger partial charge in [-0.15, -0.1) is 0 Å². The third kappa shape index (κ3) is 5.07. The third-order valence-electron chi connectivity index (χ3n) is 3.57. The van der Waals surface area contributed by atoms with Crippen LogP contribution < -0.4 is 10.6 Å². The number of amides is 2. The van der Waals surface area contributed by atoms with Crippen molar-refractivity contribution >= 4 is 12.0 Å². The second-order valence-electron chi connectivity index (χ2n) is 5.32. The second-order valence-corrected chi connectivity index (χ2v) is 5.32. The van der Waals surface area contributed by atoms with Gasteiger partial charge in [0.05, 0.1) is 5.56 Å². The van der Waals surface area contributed by atoms with Gasteiger partial charge in [-0.25, -0.2) is 9.59 Å². The topological polar surface area (TPSA) is 81.7 Å². The van der Waals surface area contributed by atoms with E-state index in [4.69, 9.17) is 5.11 Å². The maximum Gasteiger partial charge on any atom is 0.335 e. The molecule has 6 heteroatoms. The van der Waals surface area contributed by atoms with E-state index in [1.54, 1.807) is 12.1 Å². The number of rotatable bonds is 7. The fraction of sp³-hybridized carbons (Fsp3) is 0.467. The number of nitrogens with one attached hydrogen (secondary N) is 2. The summed E-state index contributed by atoms with van der Waals surface area (Å²) in [6.07, 6.45) is 2.52. The number of nitrogens with zero attached hydrogens (tertiary/aromatic N) is 1. The lowest BCUT2D eigenvalue weighted by molar-refractivity contribution is 0.0697. The molecule has 0 unspecified atom stereocenters. The molecule has 0 bridgehead atoms. The molecule has 3 N–H and O–H groups in total. The van der Waals surface area contributed by atoms with Gasteiger partial charge >= 0.3 is 12.0 Å². The average molecular weight is 291 g/mol. The molecule has 1 aliphatic carbocycles. The van der Waals surface area contributed by atoms with E-state index >= 15 is 0 Å². The van der Waals surface area contributed by atoms with Gasteiger partial charge in [-0.1, -0.05) is 12.1 Å². The second kappa shape index (κ2) is 7.08. The van der Waals surface area contributed by atoms with Gasteiger partial charge < -0.3 is 20.6 Å². The van der Waals surface area contributed by atoms with Crippen molar-refractivity contribution in [2.75, 3.05) is 20.1 Å². The summed E-state index contributed by atoms with van der Waals surface area (Å²) >= 11 is 0. The van der Waals surface area contributed by atoms with E-state index in [0.29, 0.717) is 19.1 Å². The minimum absolute atomic E-state index is 0.207. The molecule has 1 aromatic rings. The van der Waals surface area contributed by atoms with Crippen LogP contribution in [0, 0.1) is 0 Å². The highest BCUT2D eigenvalue weighted by molar-refractivity contribution is 5.87. The summed E-state index contributed by atoms with van der Waals surface area (Å²) in [4.78, 5) is 24.6. The zero-order valence-electron chi connectivity index (χ0n) is 12.1. The number of carbonyl (C=O) groups is 2. The summed E-state index contributed by atoms with van der Waals surface area (Å²) in [5, 5.41) is 14.4. The van der Waals surface area contributed by atoms with E-state index in [0.717, 1.165) is 12.1 Å². The number of hydrogen-bond acceptors (Lipinski definition) is 3. The summed E-state index contributed by atoms with van der Waals surface area (Å²) in [5.41, 5.74) is 1.11. The molecule has 2 rings (SSSR count). The van der Waals surface area contributed by atoms with Crippen LogP contribution in [0.15, 0.2) is 24.3 Å². The van der Waals surface area contributed by atoms with Crippen molar-refractivity contribution in [3.05, 3.63) is 35.4 Å². The fourth-order valence-electron chi connectivity index (χ4n) is 2.05. The molecule has 0 saturated heterocycles. The molecule has 114 valence electrons. The molecule has 0 aromatic heterocycles. The normalized spacial score (nSPS) is 14.0. The number of carboxylic acid groups (broad SMARTS) is 1. The van der Waals surface area contributed by atoms with Gasteiger partial charge in [0.25, 0.3) is 0 Å². The summed E-state index contributed by atoms with van der Waals surface area (Å²) in [7, 11) is 2.07. The Bertz CT molecular complexity index is 497. The van der Waals surface area contributed by atoms with Gasteiger partial charge in [0, 0.05) is 25.7 Å². The van der Waals surface area contributed by atoms with Crippen LogP contribution in [0.5, 0.6) is 0 Å². The molecule has 0 heterocycles. The first kappa shape index (κ1) is 15.3. The van der Waals surface area contributed by atoms with Crippen LogP contribution in [-0.4, -0.2) is 48.2 Å². The minimum Gasteiger partial charge on any atom is -0.478 e. The molecule has 0 radical (unpaired) electrons. The predicted octanol–water partition coefficient (Wildman–Crippen LogP) is 1.28. The van der Waals surface area contributed by atoms with Crippen molar-refractivity contribution in [3.63, 3.8) is 0 Å². The Hall–Kier alpha value is -2.08. The Morgan fingerprint density at radius 3 is 2.48 bits per heavy atom. The number of carboxylic acids is 1. The quantitative estimate of drug-likeness (QED) is 0.707. The Labute approximate surface area is 124 Å². The zero-order chi connectivity index (χ0) is 15.2. The maximum absolute atomic E-state index is 11.6. The van der Waals surface area contributed by atoms with E-state index in [9.17, 15) is 9.59 Å². The van der Waals surface area contributed by atoms with Crippen LogP contribution in [0.2, 0.25) is 0 Å². The summed E-state index contributed by atoms with van der Waals surface area (Å²) in [5.74, 6) is -0.952. The van der Waals surface area contributed by atoms with Crippen LogP contribution in [-0.2, 0) is 6.54 Å². The third-order valence-corrected chi connectivity index (χ3v) is 3.57. The smallest absolute Gasteiger partial charge is 0.335 e. The Kier molecular flexibility index (Phi) is 5.16. The molecule has 21 heavy (non-hydrogen) atoms. The maximum atomic E-state index is 11.6. The fourth-order valence-corrected chi connectivity index (χ4v) is 2.05. The molecule has 0 aliphatic heterocycles. The van der Waals surface area contributed by atoms with Crippen molar-refractivity contribution in [3.8, 4) is 0 Å². The standard InChI is InChI=1S/C15H21N3O3/c1-18(13-6-7-13)9-8-16-15(21)17-10-11-2-4-12(5-3-11)14(19)20/h2-5,13H,6-10H2,1H3,(H,19,20)(H2,16,17,21). The number of urea groups is 1. The first-order valence-corrected chi connectivity index (χ1v) is 7.10. The van der Waals surface area contributed by atoms with E-state index < -0.39 is 5.97 Å². The number of likely N-dealkylation sites (N-methyl/N-ethyl adjacent to an activating group) is 1. The molecular weight excluding hydrogens is 270 g/mol. The molecule has 2 amide bonds. The van der Waals surface area contributed by atoms with Crippen molar-refractivity contribution < 1.29 is 14.7 Å². The molecule has 1 saturated carbocycles. The lowest BCUT2D eigenvalue weighted by atomic mass is 10.1. The number of hydrogen-bond donors (Lipinski definition) is 3. The van der Waals surface area contributed by atoms with E-state index in [1.165, 1.54) is 25.0 Å². The molecule has 6 nitrogen and oxygen atoms in total. The highest BCUT2D eigenvalue weighted by atomic mass is 16.4. The van der Waals surface area contributed by atoms with Crippen LogP contribution in [0.3, 0.4) is 0 Å².